The number of hydrogen-bond donors (Lipinski definition) is 3. The fourth-order valence-corrected chi connectivity index (χ4v) is 3.78. The van der Waals surface area contributed by atoms with Crippen LogP contribution in [-0.2, 0) is 11.0 Å². The lowest BCUT2D eigenvalue weighted by atomic mass is 10.1. The third kappa shape index (κ3) is 4.54. The van der Waals surface area contributed by atoms with Gasteiger partial charge >= 0.3 is 6.18 Å². The molecule has 1 aliphatic heterocycles. The molecule has 1 fully saturated rings. The Kier molecular flexibility index (Phi) is 5.78. The minimum atomic E-state index is -4.63. The fraction of sp³-hybridized carbons (Fsp3) is 0.350. The molecular weight excluding hydrogens is 427 g/mol. The van der Waals surface area contributed by atoms with Crippen LogP contribution in [0.1, 0.15) is 18.4 Å². The predicted molar refractivity (Wildman–Crippen MR) is 110 cm³/mol. The first-order valence-electron chi connectivity index (χ1n) is 9.87. The Morgan fingerprint density at radius 2 is 2.09 bits per heavy atom. The van der Waals surface area contributed by atoms with Crippen molar-refractivity contribution in [3.05, 3.63) is 36.2 Å². The summed E-state index contributed by atoms with van der Waals surface area (Å²) in [5.41, 5.74) is 4.65. The molecule has 12 heteroatoms. The minimum absolute atomic E-state index is 0.0222. The second-order valence-corrected chi connectivity index (χ2v) is 7.57. The maximum Gasteiger partial charge on any atom is 0.418 e. The average Bonchev–Trinajstić information content (AvgIpc) is 2.73. The zero-order valence-electron chi connectivity index (χ0n) is 16.8. The number of pyridine rings is 2. The quantitative estimate of drug-likeness (QED) is 0.543. The standard InChI is InChI=1S/C20H20F3N7O2/c21-20(22,23)11-7-14(31)18(26-8-11)16-13-4-1-5-25-17(13)19(29-28-16)27-12-3-2-6-30(9-12)10-15(24)32/h1,4-5,7-8,12,31H,2-3,6,9-10H2,(H2,24,32)(H,27,29). The van der Waals surface area contributed by atoms with Gasteiger partial charge in [-0.3, -0.25) is 14.7 Å². The number of nitrogens with zero attached hydrogens (tertiary/aromatic N) is 5. The van der Waals surface area contributed by atoms with Gasteiger partial charge < -0.3 is 16.2 Å². The number of aromatic nitrogens is 4. The first kappa shape index (κ1) is 21.7. The van der Waals surface area contributed by atoms with E-state index in [0.717, 1.165) is 19.4 Å². The summed E-state index contributed by atoms with van der Waals surface area (Å²) in [4.78, 5) is 21.3. The molecular formula is C20H20F3N7O2. The Labute approximate surface area is 180 Å². The summed E-state index contributed by atoms with van der Waals surface area (Å²) in [6.07, 6.45) is -0.729. The summed E-state index contributed by atoms with van der Waals surface area (Å²) < 4.78 is 38.7. The van der Waals surface area contributed by atoms with E-state index in [1.165, 1.54) is 0 Å². The number of carbonyl (C=O) groups excluding carboxylic acids is 1. The zero-order chi connectivity index (χ0) is 22.9. The molecule has 4 N–H and O–H groups in total. The van der Waals surface area contributed by atoms with E-state index >= 15 is 0 Å². The highest BCUT2D eigenvalue weighted by Gasteiger charge is 2.32. The van der Waals surface area contributed by atoms with Gasteiger partial charge in [0.1, 0.15) is 22.7 Å². The Bertz CT molecular complexity index is 1160. The molecule has 0 aromatic carbocycles. The first-order valence-corrected chi connectivity index (χ1v) is 9.87. The Balaban J connectivity index is 1.66. The molecule has 168 valence electrons. The molecule has 3 aromatic rings. The molecule has 1 atom stereocenters. The molecule has 0 bridgehead atoms. The maximum absolute atomic E-state index is 12.9. The van der Waals surface area contributed by atoms with Crippen LogP contribution in [0, 0.1) is 0 Å². The van der Waals surface area contributed by atoms with Gasteiger partial charge in [-0.15, -0.1) is 10.2 Å². The summed E-state index contributed by atoms with van der Waals surface area (Å²) in [5.74, 6) is -0.665. The number of piperidine rings is 1. The Morgan fingerprint density at radius 3 is 2.81 bits per heavy atom. The van der Waals surface area contributed by atoms with E-state index in [-0.39, 0.29) is 24.0 Å². The molecule has 4 rings (SSSR count). The van der Waals surface area contributed by atoms with E-state index in [4.69, 9.17) is 5.73 Å². The molecule has 0 saturated carbocycles. The van der Waals surface area contributed by atoms with Gasteiger partial charge in [0.25, 0.3) is 0 Å². The number of nitrogens with one attached hydrogen (secondary N) is 1. The van der Waals surface area contributed by atoms with Crippen LogP contribution in [0.2, 0.25) is 0 Å². The number of primary amides is 1. The normalized spacial score (nSPS) is 17.4. The largest absolute Gasteiger partial charge is 0.506 e. The van der Waals surface area contributed by atoms with Crippen LogP contribution in [-0.4, -0.2) is 61.8 Å². The molecule has 0 radical (unpaired) electrons. The summed E-state index contributed by atoms with van der Waals surface area (Å²) in [6.45, 7) is 1.52. The van der Waals surface area contributed by atoms with Crippen LogP contribution < -0.4 is 11.1 Å². The molecule has 0 spiro atoms. The van der Waals surface area contributed by atoms with Crippen LogP contribution in [0.25, 0.3) is 22.3 Å². The Morgan fingerprint density at radius 1 is 1.28 bits per heavy atom. The van der Waals surface area contributed by atoms with E-state index in [0.29, 0.717) is 35.5 Å². The van der Waals surface area contributed by atoms with Crippen LogP contribution in [0.5, 0.6) is 5.75 Å². The van der Waals surface area contributed by atoms with E-state index in [1.807, 2.05) is 4.90 Å². The Hall–Kier alpha value is -3.54. The number of anilines is 1. The fourth-order valence-electron chi connectivity index (χ4n) is 3.78. The summed E-state index contributed by atoms with van der Waals surface area (Å²) in [7, 11) is 0. The number of amides is 1. The lowest BCUT2D eigenvalue weighted by Crippen LogP contribution is -2.45. The number of fused-ring (bicyclic) bond motifs is 1. The van der Waals surface area contributed by atoms with E-state index in [2.05, 4.69) is 25.5 Å². The zero-order valence-corrected chi connectivity index (χ0v) is 16.8. The molecule has 32 heavy (non-hydrogen) atoms. The second kappa shape index (κ2) is 8.54. The van der Waals surface area contributed by atoms with Gasteiger partial charge in [-0.2, -0.15) is 13.2 Å². The molecule has 4 heterocycles. The highest BCUT2D eigenvalue weighted by molar-refractivity contribution is 5.97. The van der Waals surface area contributed by atoms with Gasteiger partial charge in [0.05, 0.1) is 12.1 Å². The average molecular weight is 447 g/mol. The van der Waals surface area contributed by atoms with Gasteiger partial charge in [-0.1, -0.05) is 0 Å². The first-order chi connectivity index (χ1) is 15.2. The molecule has 9 nitrogen and oxygen atoms in total. The summed E-state index contributed by atoms with van der Waals surface area (Å²) in [6, 6.07) is 3.91. The van der Waals surface area contributed by atoms with E-state index in [9.17, 15) is 23.1 Å². The molecule has 1 aliphatic rings. The van der Waals surface area contributed by atoms with Crippen molar-refractivity contribution < 1.29 is 23.1 Å². The van der Waals surface area contributed by atoms with Crippen molar-refractivity contribution in [3.8, 4) is 17.1 Å². The van der Waals surface area contributed by atoms with Gasteiger partial charge in [0.2, 0.25) is 5.91 Å². The van der Waals surface area contributed by atoms with Crippen molar-refractivity contribution in [2.24, 2.45) is 5.73 Å². The van der Waals surface area contributed by atoms with E-state index in [1.54, 1.807) is 18.3 Å². The third-order valence-corrected chi connectivity index (χ3v) is 5.18. The predicted octanol–water partition coefficient (Wildman–Crippen LogP) is 2.17. The van der Waals surface area contributed by atoms with Crippen molar-refractivity contribution in [3.63, 3.8) is 0 Å². The van der Waals surface area contributed by atoms with Crippen molar-refractivity contribution in [1.29, 1.82) is 0 Å². The van der Waals surface area contributed by atoms with Crippen LogP contribution >= 0.6 is 0 Å². The number of likely N-dealkylation sites (tertiary alicyclic amines) is 1. The van der Waals surface area contributed by atoms with E-state index < -0.39 is 23.4 Å². The maximum atomic E-state index is 12.9. The number of aromatic hydroxyl groups is 1. The molecule has 1 saturated heterocycles. The number of hydrogen-bond acceptors (Lipinski definition) is 8. The lowest BCUT2D eigenvalue weighted by Gasteiger charge is -2.32. The van der Waals surface area contributed by atoms with Gasteiger partial charge in [-0.25, -0.2) is 4.98 Å². The van der Waals surface area contributed by atoms with Crippen LogP contribution in [0.3, 0.4) is 0 Å². The van der Waals surface area contributed by atoms with Crippen LogP contribution in [0.15, 0.2) is 30.6 Å². The highest BCUT2D eigenvalue weighted by atomic mass is 19.4. The molecule has 3 aromatic heterocycles. The molecule has 1 unspecified atom stereocenters. The highest BCUT2D eigenvalue weighted by Crippen LogP contribution is 2.36. The lowest BCUT2D eigenvalue weighted by molar-refractivity contribution is -0.138. The molecule has 0 aliphatic carbocycles. The SMILES string of the molecule is NC(=O)CN1CCCC(Nc2nnc(-c3ncc(C(F)(F)F)cc3O)c3cccnc23)C1. The van der Waals surface area contributed by atoms with Gasteiger partial charge in [0.15, 0.2) is 5.82 Å². The van der Waals surface area contributed by atoms with Crippen molar-refractivity contribution in [2.75, 3.05) is 25.0 Å². The van der Waals surface area contributed by atoms with Gasteiger partial charge in [0, 0.05) is 30.4 Å². The number of nitrogens with two attached hydrogens (primary N) is 1. The van der Waals surface area contributed by atoms with Crippen molar-refractivity contribution in [1.82, 2.24) is 25.1 Å². The number of alkyl halides is 3. The van der Waals surface area contributed by atoms with Crippen molar-refractivity contribution in [2.45, 2.75) is 25.1 Å². The second-order valence-electron chi connectivity index (χ2n) is 7.57. The van der Waals surface area contributed by atoms with Crippen molar-refractivity contribution >= 4 is 22.6 Å². The third-order valence-electron chi connectivity index (χ3n) is 5.18. The number of carbonyl (C=O) groups is 1. The smallest absolute Gasteiger partial charge is 0.418 e. The minimum Gasteiger partial charge on any atom is -0.506 e. The summed E-state index contributed by atoms with van der Waals surface area (Å²) >= 11 is 0. The molecule has 1 amide bonds. The topological polar surface area (TPSA) is 130 Å². The van der Waals surface area contributed by atoms with Crippen LogP contribution in [0.4, 0.5) is 19.0 Å². The summed E-state index contributed by atoms with van der Waals surface area (Å²) in [5, 5.41) is 22.2. The monoisotopic (exact) mass is 447 g/mol. The number of rotatable bonds is 5. The van der Waals surface area contributed by atoms with Gasteiger partial charge in [-0.05, 0) is 37.6 Å². The number of halogens is 3.